The predicted octanol–water partition coefficient (Wildman–Crippen LogP) is -0.667. The van der Waals surface area contributed by atoms with Crippen LogP contribution in [0.4, 0.5) is 0 Å². The summed E-state index contributed by atoms with van der Waals surface area (Å²) in [6.07, 6.45) is 1.18. The molecule has 5 heteroatoms. The minimum Gasteiger partial charge on any atom is -0.355 e. The Morgan fingerprint density at radius 1 is 1.44 bits per heavy atom. The summed E-state index contributed by atoms with van der Waals surface area (Å²) < 4.78 is 0. The average Bonchev–Trinajstić information content (AvgIpc) is 2.23. The Labute approximate surface area is 95.6 Å². The molecule has 90 valence electrons. The number of likely N-dealkylation sites (N-methyl/N-ethyl adjacent to an activating group) is 1. The van der Waals surface area contributed by atoms with Crippen molar-refractivity contribution in [2.75, 3.05) is 26.2 Å². The molecule has 5 nitrogen and oxygen atoms in total. The third-order valence-electron chi connectivity index (χ3n) is 3.44. The maximum absolute atomic E-state index is 12.2. The maximum atomic E-state index is 12.2. The molecule has 2 N–H and O–H groups in total. The van der Waals surface area contributed by atoms with Gasteiger partial charge in [-0.25, -0.2) is 0 Å². The molecule has 2 amide bonds. The van der Waals surface area contributed by atoms with Crippen LogP contribution in [0, 0.1) is 5.92 Å². The second kappa shape index (κ2) is 4.82. The van der Waals surface area contributed by atoms with Crippen LogP contribution in [0.3, 0.4) is 0 Å². The molecule has 0 saturated carbocycles. The number of carbonyl (C=O) groups excluding carboxylic acids is 2. The molecule has 0 aromatic carbocycles. The van der Waals surface area contributed by atoms with E-state index in [1.165, 1.54) is 0 Å². The second-order valence-electron chi connectivity index (χ2n) is 4.48. The molecule has 0 spiro atoms. The highest BCUT2D eigenvalue weighted by molar-refractivity contribution is 5.84. The molecule has 2 aliphatic heterocycles. The minimum absolute atomic E-state index is 0.0155. The van der Waals surface area contributed by atoms with Gasteiger partial charge in [0.1, 0.15) is 0 Å². The SMILES string of the molecule is CCN(C(=O)C1CCC(=O)NC1)C1CNC1. The first-order valence-corrected chi connectivity index (χ1v) is 6.00. The van der Waals surface area contributed by atoms with Crippen molar-refractivity contribution in [3.63, 3.8) is 0 Å². The monoisotopic (exact) mass is 225 g/mol. The van der Waals surface area contributed by atoms with Gasteiger partial charge < -0.3 is 15.5 Å². The summed E-state index contributed by atoms with van der Waals surface area (Å²) in [7, 11) is 0. The molecule has 16 heavy (non-hydrogen) atoms. The Kier molecular flexibility index (Phi) is 3.43. The lowest BCUT2D eigenvalue weighted by Crippen LogP contribution is -2.60. The van der Waals surface area contributed by atoms with Crippen molar-refractivity contribution in [2.24, 2.45) is 5.92 Å². The van der Waals surface area contributed by atoms with Crippen molar-refractivity contribution in [1.29, 1.82) is 0 Å². The molecule has 2 saturated heterocycles. The zero-order valence-electron chi connectivity index (χ0n) is 9.66. The Morgan fingerprint density at radius 3 is 2.62 bits per heavy atom. The molecule has 2 aliphatic rings. The first-order valence-electron chi connectivity index (χ1n) is 6.00. The zero-order chi connectivity index (χ0) is 11.5. The van der Waals surface area contributed by atoms with E-state index in [-0.39, 0.29) is 17.7 Å². The van der Waals surface area contributed by atoms with Crippen LogP contribution in [-0.2, 0) is 9.59 Å². The molecule has 2 heterocycles. The van der Waals surface area contributed by atoms with Crippen molar-refractivity contribution in [3.05, 3.63) is 0 Å². The number of amides is 2. The van der Waals surface area contributed by atoms with Crippen molar-refractivity contribution >= 4 is 11.8 Å². The highest BCUT2D eigenvalue weighted by Crippen LogP contribution is 2.17. The second-order valence-corrected chi connectivity index (χ2v) is 4.48. The van der Waals surface area contributed by atoms with Crippen LogP contribution in [-0.4, -0.2) is 48.9 Å². The molecule has 1 atom stereocenters. The van der Waals surface area contributed by atoms with Gasteiger partial charge in [-0.3, -0.25) is 9.59 Å². The van der Waals surface area contributed by atoms with E-state index in [1.807, 2.05) is 11.8 Å². The first-order chi connectivity index (χ1) is 7.72. The van der Waals surface area contributed by atoms with Crippen molar-refractivity contribution in [3.8, 4) is 0 Å². The van der Waals surface area contributed by atoms with Crippen LogP contribution in [0.5, 0.6) is 0 Å². The lowest BCUT2D eigenvalue weighted by molar-refractivity contribution is -0.140. The van der Waals surface area contributed by atoms with Gasteiger partial charge in [-0.05, 0) is 13.3 Å². The quantitative estimate of drug-likeness (QED) is 0.670. The molecule has 2 rings (SSSR count). The van der Waals surface area contributed by atoms with Crippen molar-refractivity contribution in [1.82, 2.24) is 15.5 Å². The van der Waals surface area contributed by atoms with Crippen LogP contribution in [0.1, 0.15) is 19.8 Å². The van der Waals surface area contributed by atoms with Crippen molar-refractivity contribution in [2.45, 2.75) is 25.8 Å². The molecule has 0 aromatic rings. The van der Waals surface area contributed by atoms with Gasteiger partial charge in [0.15, 0.2) is 0 Å². The summed E-state index contributed by atoms with van der Waals surface area (Å²) in [5.74, 6) is 0.254. The first kappa shape index (κ1) is 11.4. The van der Waals surface area contributed by atoms with Gasteiger partial charge in [-0.1, -0.05) is 0 Å². The van der Waals surface area contributed by atoms with E-state index in [9.17, 15) is 9.59 Å². The number of rotatable bonds is 3. The zero-order valence-corrected chi connectivity index (χ0v) is 9.66. The molecule has 0 aliphatic carbocycles. The molecule has 0 bridgehead atoms. The Bertz CT molecular complexity index is 279. The van der Waals surface area contributed by atoms with E-state index in [0.717, 1.165) is 19.6 Å². The number of hydrogen-bond donors (Lipinski definition) is 2. The number of piperidine rings is 1. The normalized spacial score (nSPS) is 25.8. The van der Waals surface area contributed by atoms with E-state index in [2.05, 4.69) is 10.6 Å². The minimum atomic E-state index is -0.0155. The third-order valence-corrected chi connectivity index (χ3v) is 3.44. The molecular formula is C11H19N3O2. The van der Waals surface area contributed by atoms with Gasteiger partial charge in [-0.15, -0.1) is 0 Å². The van der Waals surface area contributed by atoms with Gasteiger partial charge in [0.2, 0.25) is 11.8 Å². The Morgan fingerprint density at radius 2 is 2.19 bits per heavy atom. The number of nitrogens with one attached hydrogen (secondary N) is 2. The summed E-state index contributed by atoms with van der Waals surface area (Å²) >= 11 is 0. The van der Waals surface area contributed by atoms with Crippen molar-refractivity contribution < 1.29 is 9.59 Å². The summed E-state index contributed by atoms with van der Waals surface area (Å²) in [4.78, 5) is 25.2. The van der Waals surface area contributed by atoms with E-state index in [0.29, 0.717) is 25.4 Å². The Hall–Kier alpha value is -1.10. The standard InChI is InChI=1S/C11H19N3O2/c1-2-14(9-6-12-7-9)11(16)8-3-4-10(15)13-5-8/h8-9,12H,2-7H2,1H3,(H,13,15). The molecule has 0 aromatic heterocycles. The predicted molar refractivity (Wildman–Crippen MR) is 59.8 cm³/mol. The summed E-state index contributed by atoms with van der Waals surface area (Å²) in [5, 5.41) is 5.94. The Balaban J connectivity index is 1.91. The van der Waals surface area contributed by atoms with Crippen LogP contribution < -0.4 is 10.6 Å². The lowest BCUT2D eigenvalue weighted by Gasteiger charge is -2.40. The topological polar surface area (TPSA) is 61.4 Å². The van der Waals surface area contributed by atoms with E-state index in [1.54, 1.807) is 0 Å². The molecule has 1 unspecified atom stereocenters. The molecule has 2 fully saturated rings. The highest BCUT2D eigenvalue weighted by atomic mass is 16.2. The van der Waals surface area contributed by atoms with Gasteiger partial charge >= 0.3 is 0 Å². The number of nitrogens with zero attached hydrogens (tertiary/aromatic N) is 1. The summed E-state index contributed by atoms with van der Waals surface area (Å²) in [5.41, 5.74) is 0. The number of hydrogen-bond acceptors (Lipinski definition) is 3. The summed E-state index contributed by atoms with van der Waals surface area (Å²) in [6.45, 7) is 5.08. The van der Waals surface area contributed by atoms with Crippen LogP contribution in [0.25, 0.3) is 0 Å². The molecule has 0 radical (unpaired) electrons. The van der Waals surface area contributed by atoms with Gasteiger partial charge in [-0.2, -0.15) is 0 Å². The van der Waals surface area contributed by atoms with Gasteiger partial charge in [0.05, 0.1) is 12.0 Å². The highest BCUT2D eigenvalue weighted by Gasteiger charge is 2.33. The van der Waals surface area contributed by atoms with Gasteiger partial charge in [0.25, 0.3) is 0 Å². The lowest BCUT2D eigenvalue weighted by atomic mass is 9.96. The maximum Gasteiger partial charge on any atom is 0.227 e. The smallest absolute Gasteiger partial charge is 0.227 e. The van der Waals surface area contributed by atoms with E-state index in [4.69, 9.17) is 0 Å². The fraction of sp³-hybridized carbons (Fsp3) is 0.818. The van der Waals surface area contributed by atoms with Crippen LogP contribution in [0.2, 0.25) is 0 Å². The van der Waals surface area contributed by atoms with Gasteiger partial charge in [0, 0.05) is 32.6 Å². The number of carbonyl (C=O) groups is 2. The summed E-state index contributed by atoms with van der Waals surface area (Å²) in [6, 6.07) is 0.357. The fourth-order valence-electron chi connectivity index (χ4n) is 2.27. The molecular weight excluding hydrogens is 206 g/mol. The largest absolute Gasteiger partial charge is 0.355 e. The van der Waals surface area contributed by atoms with Crippen LogP contribution >= 0.6 is 0 Å². The fourth-order valence-corrected chi connectivity index (χ4v) is 2.27. The van der Waals surface area contributed by atoms with E-state index >= 15 is 0 Å². The van der Waals surface area contributed by atoms with Crippen LogP contribution in [0.15, 0.2) is 0 Å². The van der Waals surface area contributed by atoms with E-state index < -0.39 is 0 Å². The average molecular weight is 225 g/mol. The third kappa shape index (κ3) is 2.19.